The van der Waals surface area contributed by atoms with Crippen molar-refractivity contribution in [1.29, 1.82) is 0 Å². The molecule has 0 unspecified atom stereocenters. The molecule has 0 aliphatic carbocycles. The van der Waals surface area contributed by atoms with Gasteiger partial charge in [-0.15, -0.1) is 0 Å². The minimum absolute atomic E-state index is 0.125. The maximum atomic E-state index is 12.7. The first kappa shape index (κ1) is 22.0. The number of carbonyl (C=O) groups excluding carboxylic acids is 1. The Balaban J connectivity index is 1.15. The molecule has 1 N–H and O–H groups in total. The topological polar surface area (TPSA) is 114 Å². The van der Waals surface area contributed by atoms with E-state index in [1.165, 1.54) is 24.2 Å². The second-order valence-corrected chi connectivity index (χ2v) is 9.00. The minimum Gasteiger partial charge on any atom is -0.476 e. The number of carboxylic acid groups (broad SMARTS) is 1. The van der Waals surface area contributed by atoms with Gasteiger partial charge in [0.25, 0.3) is 0 Å². The Morgan fingerprint density at radius 1 is 1.03 bits per heavy atom. The summed E-state index contributed by atoms with van der Waals surface area (Å²) in [7, 11) is 0. The highest BCUT2D eigenvalue weighted by molar-refractivity contribution is 5.86. The lowest BCUT2D eigenvalue weighted by atomic mass is 9.78. The van der Waals surface area contributed by atoms with Crippen LogP contribution in [0.15, 0.2) is 55.2 Å². The van der Waals surface area contributed by atoms with Crippen LogP contribution < -0.4 is 4.74 Å². The van der Waals surface area contributed by atoms with Crippen LogP contribution in [0, 0.1) is 5.41 Å². The van der Waals surface area contributed by atoms with Crippen LogP contribution in [0.4, 0.5) is 4.79 Å². The van der Waals surface area contributed by atoms with E-state index < -0.39 is 5.97 Å². The smallest absolute Gasteiger partial charge is 0.356 e. The summed E-state index contributed by atoms with van der Waals surface area (Å²) in [6.07, 6.45) is 9.13. The van der Waals surface area contributed by atoms with E-state index in [9.17, 15) is 9.59 Å². The molecule has 0 saturated carbocycles. The van der Waals surface area contributed by atoms with Crippen molar-refractivity contribution in [2.24, 2.45) is 5.41 Å². The number of ether oxygens (including phenoxy) is 1. The SMILES string of the molecule is O=C(O)c1ccn(C(=O)N2CCC3(CCN(Cc4cccc(Oc5cncnc5)c4)C3)CC2)n1. The van der Waals surface area contributed by atoms with Gasteiger partial charge in [-0.1, -0.05) is 12.1 Å². The second kappa shape index (κ2) is 9.22. The fraction of sp³-hybridized carbons (Fsp3) is 0.375. The van der Waals surface area contributed by atoms with Gasteiger partial charge in [0.2, 0.25) is 0 Å². The van der Waals surface area contributed by atoms with Gasteiger partial charge in [-0.25, -0.2) is 19.6 Å². The molecule has 0 atom stereocenters. The molecule has 2 fully saturated rings. The first-order valence-electron chi connectivity index (χ1n) is 11.3. The maximum absolute atomic E-state index is 12.7. The monoisotopic (exact) mass is 462 g/mol. The lowest BCUT2D eigenvalue weighted by Gasteiger charge is -2.39. The predicted octanol–water partition coefficient (Wildman–Crippen LogP) is 3.12. The van der Waals surface area contributed by atoms with E-state index in [1.807, 2.05) is 12.1 Å². The zero-order chi connectivity index (χ0) is 23.5. The fourth-order valence-electron chi connectivity index (χ4n) is 4.87. The Labute approximate surface area is 196 Å². The summed E-state index contributed by atoms with van der Waals surface area (Å²) in [6, 6.07) is 9.15. The summed E-state index contributed by atoms with van der Waals surface area (Å²) in [5.74, 6) is 0.231. The van der Waals surface area contributed by atoms with Crippen molar-refractivity contribution < 1.29 is 19.4 Å². The van der Waals surface area contributed by atoms with Gasteiger partial charge in [-0.3, -0.25) is 4.90 Å². The number of carboxylic acids is 1. The molecular formula is C24H26N6O4. The van der Waals surface area contributed by atoms with Crippen molar-refractivity contribution in [2.75, 3.05) is 26.2 Å². The Morgan fingerprint density at radius 3 is 2.53 bits per heavy atom. The van der Waals surface area contributed by atoms with E-state index in [-0.39, 0.29) is 17.1 Å². The van der Waals surface area contributed by atoms with Crippen LogP contribution in [-0.2, 0) is 6.54 Å². The van der Waals surface area contributed by atoms with E-state index >= 15 is 0 Å². The van der Waals surface area contributed by atoms with Gasteiger partial charge in [0, 0.05) is 32.4 Å². The number of nitrogens with zero attached hydrogens (tertiary/aromatic N) is 6. The third-order valence-electron chi connectivity index (χ3n) is 6.69. The van der Waals surface area contributed by atoms with Crippen molar-refractivity contribution in [2.45, 2.75) is 25.8 Å². The van der Waals surface area contributed by atoms with E-state index in [2.05, 4.69) is 32.1 Å². The number of carbonyl (C=O) groups is 2. The molecule has 0 radical (unpaired) electrons. The molecule has 34 heavy (non-hydrogen) atoms. The molecule has 1 spiro atoms. The third-order valence-corrected chi connectivity index (χ3v) is 6.69. The van der Waals surface area contributed by atoms with Crippen LogP contribution in [0.1, 0.15) is 35.3 Å². The van der Waals surface area contributed by atoms with Gasteiger partial charge in [-0.05, 0) is 55.0 Å². The first-order valence-corrected chi connectivity index (χ1v) is 11.3. The molecule has 2 aliphatic rings. The van der Waals surface area contributed by atoms with E-state index in [0.717, 1.165) is 49.3 Å². The lowest BCUT2D eigenvalue weighted by molar-refractivity contribution is 0.0689. The van der Waals surface area contributed by atoms with Crippen LogP contribution in [0.2, 0.25) is 0 Å². The summed E-state index contributed by atoms with van der Waals surface area (Å²) in [6.45, 7) is 4.16. The summed E-state index contributed by atoms with van der Waals surface area (Å²) in [5.41, 5.74) is 1.27. The maximum Gasteiger partial charge on any atom is 0.356 e. The summed E-state index contributed by atoms with van der Waals surface area (Å²) in [5, 5.41) is 12.9. The third kappa shape index (κ3) is 4.76. The van der Waals surface area contributed by atoms with Gasteiger partial charge in [0.1, 0.15) is 12.1 Å². The van der Waals surface area contributed by atoms with Crippen LogP contribution >= 0.6 is 0 Å². The van der Waals surface area contributed by atoms with Gasteiger partial charge in [0.15, 0.2) is 11.4 Å². The van der Waals surface area contributed by atoms with Crippen molar-refractivity contribution in [3.8, 4) is 11.5 Å². The Hall–Kier alpha value is -3.79. The Kier molecular flexibility index (Phi) is 5.97. The number of aromatic nitrogens is 4. The molecule has 3 aromatic rings. The molecule has 10 nitrogen and oxygen atoms in total. The number of hydrogen-bond acceptors (Lipinski definition) is 7. The average molecular weight is 463 g/mol. The van der Waals surface area contributed by atoms with Crippen molar-refractivity contribution in [3.05, 3.63) is 66.5 Å². The molecule has 2 aliphatic heterocycles. The molecule has 1 aromatic carbocycles. The highest BCUT2D eigenvalue weighted by Gasteiger charge is 2.41. The van der Waals surface area contributed by atoms with Crippen LogP contribution in [-0.4, -0.2) is 72.8 Å². The zero-order valence-corrected chi connectivity index (χ0v) is 18.7. The minimum atomic E-state index is -1.14. The normalized spacial score (nSPS) is 17.7. The summed E-state index contributed by atoms with van der Waals surface area (Å²) >= 11 is 0. The number of amides is 1. The highest BCUT2D eigenvalue weighted by Crippen LogP contribution is 2.41. The van der Waals surface area contributed by atoms with E-state index in [4.69, 9.17) is 9.84 Å². The predicted molar refractivity (Wildman–Crippen MR) is 122 cm³/mol. The molecule has 2 saturated heterocycles. The lowest BCUT2D eigenvalue weighted by Crippen LogP contribution is -2.45. The number of likely N-dealkylation sites (tertiary alicyclic amines) is 2. The molecule has 2 aromatic heterocycles. The van der Waals surface area contributed by atoms with E-state index in [1.54, 1.807) is 17.3 Å². The summed E-state index contributed by atoms with van der Waals surface area (Å²) < 4.78 is 6.98. The van der Waals surface area contributed by atoms with Crippen molar-refractivity contribution in [1.82, 2.24) is 29.5 Å². The Bertz CT molecular complexity index is 1170. The zero-order valence-electron chi connectivity index (χ0n) is 18.7. The fourth-order valence-corrected chi connectivity index (χ4v) is 4.87. The van der Waals surface area contributed by atoms with Crippen molar-refractivity contribution >= 4 is 12.0 Å². The number of piperidine rings is 1. The van der Waals surface area contributed by atoms with Gasteiger partial charge < -0.3 is 14.7 Å². The van der Waals surface area contributed by atoms with Gasteiger partial charge in [-0.2, -0.15) is 9.78 Å². The average Bonchev–Trinajstić information content (AvgIpc) is 3.48. The Morgan fingerprint density at radius 2 is 1.79 bits per heavy atom. The van der Waals surface area contributed by atoms with E-state index in [0.29, 0.717) is 18.8 Å². The molecule has 4 heterocycles. The summed E-state index contributed by atoms with van der Waals surface area (Å²) in [4.78, 5) is 35.9. The number of hydrogen-bond donors (Lipinski definition) is 1. The van der Waals surface area contributed by atoms with Crippen LogP contribution in [0.3, 0.4) is 0 Å². The molecular weight excluding hydrogens is 436 g/mol. The van der Waals surface area contributed by atoms with Gasteiger partial charge >= 0.3 is 12.0 Å². The first-order chi connectivity index (χ1) is 16.5. The largest absolute Gasteiger partial charge is 0.476 e. The standard InChI is InChI=1S/C24H26N6O4/c31-22(32)21-4-8-30(27-21)23(33)29-10-6-24(7-11-29)5-9-28(16-24)15-18-2-1-3-19(12-18)34-20-13-25-17-26-14-20/h1-4,8,12-14,17H,5-7,9-11,15-16H2,(H,31,32). The molecule has 176 valence electrons. The van der Waals surface area contributed by atoms with Crippen molar-refractivity contribution in [3.63, 3.8) is 0 Å². The van der Waals surface area contributed by atoms with Crippen LogP contribution in [0.5, 0.6) is 11.5 Å². The molecule has 5 rings (SSSR count). The highest BCUT2D eigenvalue weighted by atomic mass is 16.5. The number of aromatic carboxylic acids is 1. The van der Waals surface area contributed by atoms with Crippen LogP contribution in [0.25, 0.3) is 0 Å². The molecule has 1 amide bonds. The quantitative estimate of drug-likeness (QED) is 0.615. The van der Waals surface area contributed by atoms with Gasteiger partial charge in [0.05, 0.1) is 12.4 Å². The molecule has 0 bridgehead atoms. The molecule has 10 heteroatoms. The number of benzene rings is 1. The second-order valence-electron chi connectivity index (χ2n) is 9.00. The number of rotatable bonds is 5.